The lowest BCUT2D eigenvalue weighted by Gasteiger charge is -2.16. The number of sulfonamides is 1. The standard InChI is InChI=1S/C21H18N4O3S2/c1-25(30(27,28)17-10-9-15-6-2-3-7-16(15)12-17)13-20(26)24-21-23-19(14-29-21)18-8-4-5-11-22-18/h2-12,14H,13H2,1H3,(H,23,24,26). The van der Waals surface area contributed by atoms with Crippen LogP contribution in [-0.4, -0.2) is 42.2 Å². The first-order chi connectivity index (χ1) is 14.4. The Balaban J connectivity index is 1.45. The third kappa shape index (κ3) is 4.23. The zero-order valence-electron chi connectivity index (χ0n) is 16.0. The molecule has 0 aliphatic heterocycles. The molecule has 0 unspecified atom stereocenters. The summed E-state index contributed by atoms with van der Waals surface area (Å²) in [5, 5.41) is 6.59. The molecule has 152 valence electrons. The van der Waals surface area contributed by atoms with Crippen LogP contribution in [0.1, 0.15) is 0 Å². The number of pyridine rings is 1. The second-order valence-corrected chi connectivity index (χ2v) is 9.47. The summed E-state index contributed by atoms with van der Waals surface area (Å²) in [6.07, 6.45) is 1.67. The van der Waals surface area contributed by atoms with Gasteiger partial charge in [-0.25, -0.2) is 13.4 Å². The largest absolute Gasteiger partial charge is 0.301 e. The molecule has 0 saturated heterocycles. The Bertz CT molecular complexity index is 1300. The molecule has 0 bridgehead atoms. The van der Waals surface area contributed by atoms with Crippen LogP contribution in [0.15, 0.2) is 77.1 Å². The molecule has 0 aliphatic carbocycles. The van der Waals surface area contributed by atoms with Gasteiger partial charge in [0.2, 0.25) is 15.9 Å². The average Bonchev–Trinajstić information content (AvgIpc) is 3.22. The van der Waals surface area contributed by atoms with Gasteiger partial charge in [0.25, 0.3) is 0 Å². The van der Waals surface area contributed by atoms with Crippen LogP contribution in [0.5, 0.6) is 0 Å². The zero-order chi connectivity index (χ0) is 21.1. The molecule has 0 aliphatic rings. The monoisotopic (exact) mass is 438 g/mol. The molecular weight excluding hydrogens is 420 g/mol. The van der Waals surface area contributed by atoms with Crippen LogP contribution in [0, 0.1) is 0 Å². The lowest BCUT2D eigenvalue weighted by atomic mass is 10.1. The average molecular weight is 439 g/mol. The van der Waals surface area contributed by atoms with Crippen molar-refractivity contribution in [3.05, 3.63) is 72.2 Å². The number of fused-ring (bicyclic) bond motifs is 1. The Labute approximate surface area is 178 Å². The molecule has 0 saturated carbocycles. The van der Waals surface area contributed by atoms with Gasteiger partial charge in [-0.1, -0.05) is 36.4 Å². The lowest BCUT2D eigenvalue weighted by Crippen LogP contribution is -2.34. The maximum absolute atomic E-state index is 12.9. The van der Waals surface area contributed by atoms with E-state index in [2.05, 4.69) is 15.3 Å². The quantitative estimate of drug-likeness (QED) is 0.496. The minimum atomic E-state index is -3.81. The Hall–Kier alpha value is -3.14. The molecule has 9 heteroatoms. The number of anilines is 1. The van der Waals surface area contributed by atoms with Gasteiger partial charge in [0.15, 0.2) is 5.13 Å². The van der Waals surface area contributed by atoms with Crippen LogP contribution in [0.2, 0.25) is 0 Å². The second-order valence-electron chi connectivity index (χ2n) is 6.57. The van der Waals surface area contributed by atoms with Crippen molar-refractivity contribution in [2.24, 2.45) is 0 Å². The molecule has 1 N–H and O–H groups in total. The van der Waals surface area contributed by atoms with E-state index in [1.165, 1.54) is 18.4 Å². The van der Waals surface area contributed by atoms with Crippen LogP contribution in [0.25, 0.3) is 22.2 Å². The van der Waals surface area contributed by atoms with E-state index in [0.29, 0.717) is 16.5 Å². The predicted molar refractivity (Wildman–Crippen MR) is 118 cm³/mol. The summed E-state index contributed by atoms with van der Waals surface area (Å²) in [4.78, 5) is 21.1. The van der Waals surface area contributed by atoms with Crippen molar-refractivity contribution in [3.63, 3.8) is 0 Å². The normalized spacial score (nSPS) is 11.7. The minimum Gasteiger partial charge on any atom is -0.301 e. The molecule has 0 spiro atoms. The van der Waals surface area contributed by atoms with Crippen molar-refractivity contribution in [2.45, 2.75) is 4.90 Å². The van der Waals surface area contributed by atoms with Gasteiger partial charge < -0.3 is 5.32 Å². The molecule has 0 atom stereocenters. The highest BCUT2D eigenvalue weighted by molar-refractivity contribution is 7.89. The van der Waals surface area contributed by atoms with E-state index in [0.717, 1.165) is 15.1 Å². The highest BCUT2D eigenvalue weighted by atomic mass is 32.2. The fourth-order valence-corrected chi connectivity index (χ4v) is 4.80. The number of benzene rings is 2. The van der Waals surface area contributed by atoms with E-state index in [9.17, 15) is 13.2 Å². The number of hydrogen-bond donors (Lipinski definition) is 1. The number of nitrogens with one attached hydrogen (secondary N) is 1. The van der Waals surface area contributed by atoms with E-state index >= 15 is 0 Å². The van der Waals surface area contributed by atoms with Crippen molar-refractivity contribution in [3.8, 4) is 11.4 Å². The van der Waals surface area contributed by atoms with Gasteiger partial charge in [0.1, 0.15) is 5.69 Å². The van der Waals surface area contributed by atoms with Crippen LogP contribution in [-0.2, 0) is 14.8 Å². The van der Waals surface area contributed by atoms with Crippen LogP contribution in [0.3, 0.4) is 0 Å². The van der Waals surface area contributed by atoms with Crippen molar-refractivity contribution < 1.29 is 13.2 Å². The highest BCUT2D eigenvalue weighted by Gasteiger charge is 2.23. The first kappa shape index (κ1) is 20.1. The first-order valence-electron chi connectivity index (χ1n) is 9.05. The van der Waals surface area contributed by atoms with E-state index in [1.54, 1.807) is 29.8 Å². The lowest BCUT2D eigenvalue weighted by molar-refractivity contribution is -0.116. The van der Waals surface area contributed by atoms with Crippen molar-refractivity contribution in [2.75, 3.05) is 18.9 Å². The van der Waals surface area contributed by atoms with E-state index in [-0.39, 0.29) is 11.4 Å². The minimum absolute atomic E-state index is 0.142. The fraction of sp³-hybridized carbons (Fsp3) is 0.0952. The molecule has 2 heterocycles. The van der Waals surface area contributed by atoms with Gasteiger partial charge in [-0.3, -0.25) is 9.78 Å². The van der Waals surface area contributed by atoms with Crippen LogP contribution < -0.4 is 5.32 Å². The van der Waals surface area contributed by atoms with Crippen LogP contribution in [0.4, 0.5) is 5.13 Å². The Morgan fingerprint density at radius 3 is 2.57 bits per heavy atom. The summed E-state index contributed by atoms with van der Waals surface area (Å²) in [5.74, 6) is -0.469. The van der Waals surface area contributed by atoms with Gasteiger partial charge in [0, 0.05) is 18.6 Å². The number of rotatable bonds is 6. The SMILES string of the molecule is CN(CC(=O)Nc1nc(-c2ccccn2)cs1)S(=O)(=O)c1ccc2ccccc2c1. The summed E-state index contributed by atoms with van der Waals surface area (Å²) in [6.45, 7) is -0.326. The molecule has 2 aromatic carbocycles. The van der Waals surface area contributed by atoms with Gasteiger partial charge in [-0.05, 0) is 35.0 Å². The van der Waals surface area contributed by atoms with Crippen molar-refractivity contribution in [1.82, 2.24) is 14.3 Å². The maximum atomic E-state index is 12.9. The summed E-state index contributed by atoms with van der Waals surface area (Å²) in [6, 6.07) is 17.9. The van der Waals surface area contributed by atoms with Crippen molar-refractivity contribution >= 4 is 43.2 Å². The van der Waals surface area contributed by atoms with Crippen molar-refractivity contribution in [1.29, 1.82) is 0 Å². The summed E-state index contributed by atoms with van der Waals surface area (Å²) >= 11 is 1.25. The number of hydrogen-bond acceptors (Lipinski definition) is 6. The molecule has 0 radical (unpaired) electrons. The number of carbonyl (C=O) groups is 1. The molecular formula is C21H18N4O3S2. The number of nitrogens with zero attached hydrogens (tertiary/aromatic N) is 3. The van der Waals surface area contributed by atoms with E-state index < -0.39 is 15.9 Å². The highest BCUT2D eigenvalue weighted by Crippen LogP contribution is 2.24. The third-order valence-corrected chi connectivity index (χ3v) is 7.03. The predicted octanol–water partition coefficient (Wildman–Crippen LogP) is 3.62. The van der Waals surface area contributed by atoms with E-state index in [4.69, 9.17) is 0 Å². The molecule has 0 fully saturated rings. The summed E-state index contributed by atoms with van der Waals surface area (Å²) in [5.41, 5.74) is 1.35. The molecule has 4 aromatic rings. The smallest absolute Gasteiger partial charge is 0.243 e. The molecule has 4 rings (SSSR count). The van der Waals surface area contributed by atoms with E-state index in [1.807, 2.05) is 42.5 Å². The zero-order valence-corrected chi connectivity index (χ0v) is 17.7. The number of aromatic nitrogens is 2. The second kappa shape index (κ2) is 8.31. The fourth-order valence-electron chi connectivity index (χ4n) is 2.92. The number of likely N-dealkylation sites (N-methyl/N-ethyl adjacent to an activating group) is 1. The Kier molecular flexibility index (Phi) is 5.58. The molecule has 30 heavy (non-hydrogen) atoms. The first-order valence-corrected chi connectivity index (χ1v) is 11.4. The van der Waals surface area contributed by atoms with Crippen LogP contribution >= 0.6 is 11.3 Å². The van der Waals surface area contributed by atoms with Gasteiger partial charge in [-0.15, -0.1) is 11.3 Å². The van der Waals surface area contributed by atoms with Gasteiger partial charge in [0.05, 0.1) is 17.1 Å². The van der Waals surface area contributed by atoms with Gasteiger partial charge >= 0.3 is 0 Å². The number of carbonyl (C=O) groups excluding carboxylic acids is 1. The Morgan fingerprint density at radius 2 is 1.80 bits per heavy atom. The number of amides is 1. The molecule has 7 nitrogen and oxygen atoms in total. The number of thiazole rings is 1. The van der Waals surface area contributed by atoms with Gasteiger partial charge in [-0.2, -0.15) is 4.31 Å². The summed E-state index contributed by atoms with van der Waals surface area (Å²) < 4.78 is 26.8. The molecule has 2 aromatic heterocycles. The maximum Gasteiger partial charge on any atom is 0.243 e. The summed E-state index contributed by atoms with van der Waals surface area (Å²) in [7, 11) is -2.43. The topological polar surface area (TPSA) is 92.3 Å². The third-order valence-electron chi connectivity index (χ3n) is 4.47. The molecule has 1 amide bonds. The Morgan fingerprint density at radius 1 is 1.03 bits per heavy atom.